The minimum Gasteiger partial charge on any atom is -0.171 e. The van der Waals surface area contributed by atoms with E-state index in [0.29, 0.717) is 0 Å². The molecule has 0 aliphatic heterocycles. The van der Waals surface area contributed by atoms with Gasteiger partial charge in [-0.15, -0.1) is 0 Å². The zero-order valence-electron chi connectivity index (χ0n) is 5.08. The van der Waals surface area contributed by atoms with Gasteiger partial charge in [-0.05, 0) is 11.6 Å². The van der Waals surface area contributed by atoms with Crippen molar-refractivity contribution < 1.29 is 10.2 Å². The normalized spacial score (nSPS) is 11.5. The lowest BCUT2D eigenvalue weighted by molar-refractivity contribution is -0.185. The van der Waals surface area contributed by atoms with Gasteiger partial charge in [-0.1, -0.05) is 30.3 Å². The van der Waals surface area contributed by atoms with Gasteiger partial charge < -0.3 is 0 Å². The Kier molecular flexibility index (Phi) is 1.94. The van der Waals surface area contributed by atoms with Crippen LogP contribution in [0.5, 0.6) is 0 Å². The Labute approximate surface area is 63.7 Å². The number of hydrogen-bond donors (Lipinski definition) is 0. The van der Waals surface area contributed by atoms with Crippen LogP contribution in [0.1, 0.15) is 5.56 Å². The second-order valence-electron chi connectivity index (χ2n) is 1.90. The third-order valence-corrected chi connectivity index (χ3v) is 1.34. The van der Waals surface area contributed by atoms with Crippen LogP contribution in [0.4, 0.5) is 0 Å². The number of alkyl halides is 1. The van der Waals surface area contributed by atoms with Crippen LogP contribution < -0.4 is 0 Å². The van der Waals surface area contributed by atoms with E-state index in [2.05, 4.69) is 0 Å². The van der Waals surface area contributed by atoms with Crippen molar-refractivity contribution in [3.8, 4) is 0 Å². The molecule has 0 saturated carbocycles. The van der Waals surface area contributed by atoms with Crippen LogP contribution in [0.25, 0.3) is 0 Å². The fraction of sp³-hybridized carbons (Fsp3) is 0.143. The zero-order chi connectivity index (χ0) is 7.61. The molecule has 52 valence electrons. The molecule has 1 rings (SSSR count). The summed E-state index contributed by atoms with van der Waals surface area (Å²) in [7, 11) is 0. The van der Waals surface area contributed by atoms with Gasteiger partial charge in [-0.2, -0.15) is 10.2 Å². The predicted molar refractivity (Wildman–Crippen MR) is 35.3 cm³/mol. The highest BCUT2D eigenvalue weighted by molar-refractivity contribution is 6.21. The second-order valence-corrected chi connectivity index (χ2v) is 2.40. The average Bonchev–Trinajstić information content (AvgIpc) is 1.88. The third kappa shape index (κ3) is 1.70. The maximum Gasteiger partial charge on any atom is 0.333 e. The van der Waals surface area contributed by atoms with Crippen molar-refractivity contribution >= 4 is 11.6 Å². The summed E-state index contributed by atoms with van der Waals surface area (Å²) in [6.45, 7) is 0. The molecular weight excluding hydrogens is 152 g/mol. The summed E-state index contributed by atoms with van der Waals surface area (Å²) in [5, 5.41) is 18.3. The molecule has 0 amide bonds. The van der Waals surface area contributed by atoms with Gasteiger partial charge in [0, 0.05) is 5.56 Å². The van der Waals surface area contributed by atoms with Gasteiger partial charge in [0.05, 0.1) is 0 Å². The van der Waals surface area contributed by atoms with Gasteiger partial charge in [0.2, 0.25) is 0 Å². The average molecular weight is 157 g/mol. The first-order valence-corrected chi connectivity index (χ1v) is 3.14. The van der Waals surface area contributed by atoms with E-state index in [9.17, 15) is 10.2 Å². The highest BCUT2D eigenvalue weighted by atomic mass is 35.5. The molecule has 0 fully saturated rings. The van der Waals surface area contributed by atoms with Crippen molar-refractivity contribution in [3.63, 3.8) is 0 Å². The lowest BCUT2D eigenvalue weighted by Crippen LogP contribution is -2.11. The van der Waals surface area contributed by atoms with E-state index >= 15 is 0 Å². The van der Waals surface area contributed by atoms with Gasteiger partial charge in [0.25, 0.3) is 0 Å². The minimum absolute atomic E-state index is 0.0525. The molecule has 2 radical (unpaired) electrons. The largest absolute Gasteiger partial charge is 0.333 e. The lowest BCUT2D eigenvalue weighted by atomic mass is 10.2. The Morgan fingerprint density at radius 3 is 1.90 bits per heavy atom. The molecule has 0 aliphatic rings. The van der Waals surface area contributed by atoms with Crippen molar-refractivity contribution in [2.45, 2.75) is 5.25 Å². The zero-order valence-corrected chi connectivity index (χ0v) is 5.84. The Bertz CT molecular complexity index is 203. The van der Waals surface area contributed by atoms with Gasteiger partial charge >= 0.3 is 5.25 Å². The smallest absolute Gasteiger partial charge is 0.171 e. The van der Waals surface area contributed by atoms with E-state index < -0.39 is 5.25 Å². The van der Waals surface area contributed by atoms with Gasteiger partial charge in [-0.25, -0.2) is 0 Å². The van der Waals surface area contributed by atoms with Crippen LogP contribution in [0.3, 0.4) is 0 Å². The first-order chi connectivity index (χ1) is 4.61. The maximum atomic E-state index is 10.5. The summed E-state index contributed by atoms with van der Waals surface area (Å²) in [6, 6.07) is 7.73. The summed E-state index contributed by atoms with van der Waals surface area (Å²) in [5.41, 5.74) is 0.0525. The quantitative estimate of drug-likeness (QED) is 0.440. The highest BCUT2D eigenvalue weighted by Gasteiger charge is 2.25. The lowest BCUT2D eigenvalue weighted by Gasteiger charge is -2.06. The molecule has 0 spiro atoms. The maximum absolute atomic E-state index is 10.5. The molecule has 1 aromatic carbocycles. The third-order valence-electron chi connectivity index (χ3n) is 1.12. The number of hydrogen-bond acceptors (Lipinski definition) is 0. The summed E-state index contributed by atoms with van der Waals surface area (Å²) in [4.78, 5) is 0. The molecule has 2 nitrogen and oxygen atoms in total. The first-order valence-electron chi connectivity index (χ1n) is 2.76. The van der Waals surface area contributed by atoms with E-state index in [1.54, 1.807) is 18.2 Å². The van der Waals surface area contributed by atoms with E-state index in [1.165, 1.54) is 12.1 Å². The van der Waals surface area contributed by atoms with Crippen molar-refractivity contribution in [2.75, 3.05) is 0 Å². The van der Waals surface area contributed by atoms with Crippen LogP contribution in [0, 0.1) is 0 Å². The molecule has 3 heteroatoms. The van der Waals surface area contributed by atoms with E-state index in [4.69, 9.17) is 11.6 Å². The number of benzene rings is 1. The fourth-order valence-electron chi connectivity index (χ4n) is 0.637. The number of halogens is 1. The summed E-state index contributed by atoms with van der Waals surface area (Å²) >= 11 is 4.95. The molecule has 0 saturated heterocycles. The van der Waals surface area contributed by atoms with E-state index in [1.807, 2.05) is 0 Å². The van der Waals surface area contributed by atoms with Crippen molar-refractivity contribution in [1.29, 1.82) is 0 Å². The Hall–Kier alpha value is -0.570. The second kappa shape index (κ2) is 2.58. The standard InChI is InChI=1S/C7H5ClO2/c8-7(9,10)6-4-2-1-3-5-6/h1-5H. The minimum atomic E-state index is -2.73. The molecule has 0 N–H and O–H groups in total. The van der Waals surface area contributed by atoms with Gasteiger partial charge in [0.1, 0.15) is 0 Å². The molecule has 0 heterocycles. The van der Waals surface area contributed by atoms with Crippen LogP contribution in [0.2, 0.25) is 0 Å². The summed E-state index contributed by atoms with van der Waals surface area (Å²) in [5.74, 6) is 0. The Morgan fingerprint density at radius 2 is 1.60 bits per heavy atom. The fourth-order valence-corrected chi connectivity index (χ4v) is 0.763. The molecule has 0 aliphatic carbocycles. The number of rotatable bonds is 1. The molecule has 0 bridgehead atoms. The monoisotopic (exact) mass is 156 g/mol. The summed E-state index contributed by atoms with van der Waals surface area (Å²) in [6.07, 6.45) is 0. The highest BCUT2D eigenvalue weighted by Crippen LogP contribution is 2.22. The molecule has 0 aromatic heterocycles. The van der Waals surface area contributed by atoms with E-state index in [0.717, 1.165) is 0 Å². The van der Waals surface area contributed by atoms with Crippen molar-refractivity contribution in [3.05, 3.63) is 35.9 Å². The molecular formula is C7H5ClO2. The Morgan fingerprint density at radius 1 is 1.10 bits per heavy atom. The van der Waals surface area contributed by atoms with Gasteiger partial charge in [-0.3, -0.25) is 0 Å². The first kappa shape index (κ1) is 7.54. The Balaban J connectivity index is 2.97. The molecule has 0 unspecified atom stereocenters. The summed E-state index contributed by atoms with van der Waals surface area (Å²) < 4.78 is 0. The van der Waals surface area contributed by atoms with Crippen molar-refractivity contribution in [2.24, 2.45) is 0 Å². The topological polar surface area (TPSA) is 39.8 Å². The molecule has 1 aromatic rings. The van der Waals surface area contributed by atoms with Crippen LogP contribution in [-0.2, 0) is 15.5 Å². The SMILES string of the molecule is [O]C([O])(Cl)c1ccccc1. The van der Waals surface area contributed by atoms with Crippen LogP contribution in [0.15, 0.2) is 30.3 Å². The van der Waals surface area contributed by atoms with Crippen LogP contribution in [-0.4, -0.2) is 0 Å². The van der Waals surface area contributed by atoms with Crippen LogP contribution >= 0.6 is 11.6 Å². The predicted octanol–water partition coefficient (Wildman–Crippen LogP) is 1.90. The molecule has 10 heavy (non-hydrogen) atoms. The van der Waals surface area contributed by atoms with Gasteiger partial charge in [0.15, 0.2) is 0 Å². The molecule has 0 atom stereocenters. The van der Waals surface area contributed by atoms with E-state index in [-0.39, 0.29) is 5.56 Å². The van der Waals surface area contributed by atoms with Crippen molar-refractivity contribution in [1.82, 2.24) is 0 Å².